The normalized spacial score (nSPS) is 10.6. The van der Waals surface area contributed by atoms with Crippen LogP contribution >= 0.6 is 27.7 Å². The predicted molar refractivity (Wildman–Crippen MR) is 100 cm³/mol. The van der Waals surface area contributed by atoms with E-state index in [9.17, 15) is 9.59 Å². The van der Waals surface area contributed by atoms with Gasteiger partial charge in [0, 0.05) is 22.0 Å². The summed E-state index contributed by atoms with van der Waals surface area (Å²) in [6.45, 7) is 2.36. The second kappa shape index (κ2) is 9.64. The third-order valence-electron chi connectivity index (χ3n) is 3.28. The van der Waals surface area contributed by atoms with Gasteiger partial charge in [0.1, 0.15) is 6.54 Å². The van der Waals surface area contributed by atoms with Gasteiger partial charge >= 0.3 is 0 Å². The Morgan fingerprint density at radius 1 is 1.25 bits per heavy atom. The molecule has 1 amide bonds. The summed E-state index contributed by atoms with van der Waals surface area (Å²) >= 11 is 5.33. The summed E-state index contributed by atoms with van der Waals surface area (Å²) in [6, 6.07) is 11.2. The molecule has 0 unspecified atom stereocenters. The number of hydrogen-bond donors (Lipinski definition) is 1. The Hall–Kier alpha value is -1.60. The quantitative estimate of drug-likeness (QED) is 0.537. The summed E-state index contributed by atoms with van der Waals surface area (Å²) in [5, 5.41) is 6.88. The Kier molecular flexibility index (Phi) is 7.52. The lowest BCUT2D eigenvalue weighted by Crippen LogP contribution is -2.34. The SMILES string of the molecule is Cc1ccc(=O)n(CC(=O)NCCCCSc2ccccc2Br)n1. The summed E-state index contributed by atoms with van der Waals surface area (Å²) in [5.41, 5.74) is 0.451. The van der Waals surface area contributed by atoms with Gasteiger partial charge in [-0.2, -0.15) is 5.10 Å². The second-order valence-corrected chi connectivity index (χ2v) is 7.30. The summed E-state index contributed by atoms with van der Waals surface area (Å²) in [7, 11) is 0. The number of aromatic nitrogens is 2. The van der Waals surface area contributed by atoms with E-state index in [0.29, 0.717) is 12.2 Å². The van der Waals surface area contributed by atoms with E-state index >= 15 is 0 Å². The highest BCUT2D eigenvalue weighted by Gasteiger charge is 2.05. The number of hydrogen-bond acceptors (Lipinski definition) is 4. The van der Waals surface area contributed by atoms with E-state index in [1.807, 2.05) is 18.2 Å². The minimum absolute atomic E-state index is 0.0355. The molecule has 0 aliphatic heterocycles. The Morgan fingerprint density at radius 3 is 2.83 bits per heavy atom. The molecule has 0 fully saturated rings. The number of nitrogens with one attached hydrogen (secondary N) is 1. The fraction of sp³-hybridized carbons (Fsp3) is 0.353. The van der Waals surface area contributed by atoms with Gasteiger partial charge in [-0.05, 0) is 59.6 Å². The van der Waals surface area contributed by atoms with Crippen LogP contribution in [0.5, 0.6) is 0 Å². The van der Waals surface area contributed by atoms with Gasteiger partial charge in [0.2, 0.25) is 5.91 Å². The molecule has 5 nitrogen and oxygen atoms in total. The summed E-state index contributed by atoms with van der Waals surface area (Å²) < 4.78 is 2.30. The van der Waals surface area contributed by atoms with Crippen LogP contribution in [0.1, 0.15) is 18.5 Å². The first-order valence-corrected chi connectivity index (χ1v) is 9.53. The van der Waals surface area contributed by atoms with Crippen molar-refractivity contribution >= 4 is 33.6 Å². The standard InChI is InChI=1S/C17H20BrN3O2S/c1-13-8-9-17(23)21(20-13)12-16(22)19-10-4-5-11-24-15-7-3-2-6-14(15)18/h2-3,6-9H,4-5,10-12H2,1H3,(H,19,22). The zero-order chi connectivity index (χ0) is 17.4. The van der Waals surface area contributed by atoms with Crippen molar-refractivity contribution in [2.45, 2.75) is 31.2 Å². The predicted octanol–water partition coefficient (Wildman–Crippen LogP) is 3.00. The smallest absolute Gasteiger partial charge is 0.267 e. The molecule has 0 bridgehead atoms. The fourth-order valence-corrected chi connectivity index (χ4v) is 3.63. The summed E-state index contributed by atoms with van der Waals surface area (Å²) in [6.07, 6.45) is 1.91. The molecule has 2 aromatic rings. The first-order chi connectivity index (χ1) is 11.6. The van der Waals surface area contributed by atoms with Crippen molar-refractivity contribution in [1.82, 2.24) is 15.1 Å². The van der Waals surface area contributed by atoms with Crippen LogP contribution in [0.25, 0.3) is 0 Å². The maximum Gasteiger partial charge on any atom is 0.267 e. The average molecular weight is 410 g/mol. The summed E-state index contributed by atoms with van der Waals surface area (Å²) in [5.74, 6) is 0.811. The van der Waals surface area contributed by atoms with E-state index in [-0.39, 0.29) is 18.0 Å². The molecule has 0 saturated carbocycles. The van der Waals surface area contributed by atoms with Crippen LogP contribution in [0.2, 0.25) is 0 Å². The number of unbranched alkanes of at least 4 members (excludes halogenated alkanes) is 1. The number of benzene rings is 1. The van der Waals surface area contributed by atoms with E-state index in [4.69, 9.17) is 0 Å². The molecule has 0 spiro atoms. The van der Waals surface area contributed by atoms with Crippen molar-refractivity contribution in [3.8, 4) is 0 Å². The monoisotopic (exact) mass is 409 g/mol. The van der Waals surface area contributed by atoms with Crippen LogP contribution in [0.3, 0.4) is 0 Å². The number of carbonyl (C=O) groups excluding carboxylic acids is 1. The molecule has 0 radical (unpaired) electrons. The Bertz CT molecular complexity index is 749. The topological polar surface area (TPSA) is 64.0 Å². The number of carbonyl (C=O) groups is 1. The minimum Gasteiger partial charge on any atom is -0.354 e. The molecule has 1 aromatic heterocycles. The van der Waals surface area contributed by atoms with Crippen LogP contribution in [0.4, 0.5) is 0 Å². The maximum atomic E-state index is 11.9. The largest absolute Gasteiger partial charge is 0.354 e. The van der Waals surface area contributed by atoms with E-state index in [0.717, 1.165) is 23.1 Å². The van der Waals surface area contributed by atoms with Crippen molar-refractivity contribution in [3.63, 3.8) is 0 Å². The third-order valence-corrected chi connectivity index (χ3v) is 5.39. The molecule has 0 aliphatic carbocycles. The number of amides is 1. The van der Waals surface area contributed by atoms with Crippen molar-refractivity contribution in [3.05, 3.63) is 56.9 Å². The van der Waals surface area contributed by atoms with Gasteiger partial charge < -0.3 is 5.32 Å². The van der Waals surface area contributed by atoms with E-state index in [1.165, 1.54) is 15.6 Å². The molecule has 1 heterocycles. The van der Waals surface area contributed by atoms with Crippen molar-refractivity contribution in [2.75, 3.05) is 12.3 Å². The molecular weight excluding hydrogens is 390 g/mol. The van der Waals surface area contributed by atoms with Gasteiger partial charge in [0.15, 0.2) is 0 Å². The van der Waals surface area contributed by atoms with Crippen LogP contribution < -0.4 is 10.9 Å². The number of nitrogens with zero attached hydrogens (tertiary/aromatic N) is 2. The fourth-order valence-electron chi connectivity index (χ4n) is 2.05. The average Bonchev–Trinajstić information content (AvgIpc) is 2.56. The minimum atomic E-state index is -0.263. The molecular formula is C17H20BrN3O2S. The Balaban J connectivity index is 1.64. The molecule has 0 atom stereocenters. The third kappa shape index (κ3) is 6.13. The summed E-state index contributed by atoms with van der Waals surface area (Å²) in [4.78, 5) is 24.7. The first-order valence-electron chi connectivity index (χ1n) is 7.75. The van der Waals surface area contributed by atoms with E-state index in [2.05, 4.69) is 32.4 Å². The van der Waals surface area contributed by atoms with E-state index in [1.54, 1.807) is 24.8 Å². The van der Waals surface area contributed by atoms with Crippen molar-refractivity contribution < 1.29 is 4.79 Å². The van der Waals surface area contributed by atoms with E-state index < -0.39 is 0 Å². The lowest BCUT2D eigenvalue weighted by atomic mass is 10.3. The van der Waals surface area contributed by atoms with Crippen LogP contribution in [-0.4, -0.2) is 28.0 Å². The number of thioether (sulfide) groups is 1. The molecule has 24 heavy (non-hydrogen) atoms. The van der Waals surface area contributed by atoms with Gasteiger partial charge in [-0.25, -0.2) is 4.68 Å². The highest BCUT2D eigenvalue weighted by molar-refractivity contribution is 9.10. The van der Waals surface area contributed by atoms with Crippen LogP contribution in [-0.2, 0) is 11.3 Å². The zero-order valence-electron chi connectivity index (χ0n) is 13.5. The van der Waals surface area contributed by atoms with Crippen molar-refractivity contribution in [1.29, 1.82) is 0 Å². The first kappa shape index (κ1) is 18.7. The molecule has 0 aliphatic rings. The van der Waals surface area contributed by atoms with Gasteiger partial charge in [0.25, 0.3) is 5.56 Å². The van der Waals surface area contributed by atoms with Gasteiger partial charge in [-0.3, -0.25) is 9.59 Å². The lowest BCUT2D eigenvalue weighted by molar-refractivity contribution is -0.121. The second-order valence-electron chi connectivity index (χ2n) is 5.31. The van der Waals surface area contributed by atoms with Crippen LogP contribution in [0.15, 0.2) is 50.6 Å². The van der Waals surface area contributed by atoms with Gasteiger partial charge in [-0.1, -0.05) is 12.1 Å². The maximum absolute atomic E-state index is 11.9. The highest BCUT2D eigenvalue weighted by Crippen LogP contribution is 2.27. The number of rotatable bonds is 8. The molecule has 0 saturated heterocycles. The molecule has 7 heteroatoms. The van der Waals surface area contributed by atoms with Gasteiger partial charge in [-0.15, -0.1) is 11.8 Å². The Labute approximate surface area is 154 Å². The molecule has 2 rings (SSSR count). The number of aryl methyl sites for hydroxylation is 1. The van der Waals surface area contributed by atoms with Crippen molar-refractivity contribution in [2.24, 2.45) is 0 Å². The highest BCUT2D eigenvalue weighted by atomic mass is 79.9. The molecule has 128 valence electrons. The number of halogens is 1. The molecule has 1 aromatic carbocycles. The van der Waals surface area contributed by atoms with Gasteiger partial charge in [0.05, 0.1) is 5.69 Å². The lowest BCUT2D eigenvalue weighted by Gasteiger charge is -2.07. The zero-order valence-corrected chi connectivity index (χ0v) is 15.9. The van der Waals surface area contributed by atoms with Crippen LogP contribution in [0, 0.1) is 6.92 Å². The Morgan fingerprint density at radius 2 is 2.04 bits per heavy atom. The molecule has 1 N–H and O–H groups in total.